The zero-order chi connectivity index (χ0) is 18.6. The largest absolute Gasteiger partial charge is 0.359 e. The maximum atomic E-state index is 5.38. The lowest BCUT2D eigenvalue weighted by atomic mass is 10.1. The summed E-state index contributed by atoms with van der Waals surface area (Å²) in [5.74, 6) is 2.39. The minimum atomic E-state index is 0.0900. The van der Waals surface area contributed by atoms with Gasteiger partial charge in [-0.15, -0.1) is 0 Å². The first kappa shape index (κ1) is 17.6. The number of anilines is 1. The van der Waals surface area contributed by atoms with E-state index >= 15 is 0 Å². The van der Waals surface area contributed by atoms with Gasteiger partial charge < -0.3 is 9.84 Å². The van der Waals surface area contributed by atoms with Crippen LogP contribution in [-0.2, 0) is 11.4 Å². The van der Waals surface area contributed by atoms with Crippen molar-refractivity contribution in [3.05, 3.63) is 52.8 Å². The zero-order valence-corrected chi connectivity index (χ0v) is 16.1. The highest BCUT2D eigenvalue weighted by atomic mass is 79.9. The van der Waals surface area contributed by atoms with Gasteiger partial charge in [0.15, 0.2) is 11.6 Å². The van der Waals surface area contributed by atoms with E-state index in [2.05, 4.69) is 46.8 Å². The fraction of sp³-hybridized carbons (Fsp3) is 0.222. The third-order valence-electron chi connectivity index (χ3n) is 3.87. The number of rotatable bonds is 5. The summed E-state index contributed by atoms with van der Waals surface area (Å²) in [6, 6.07) is 11.8. The maximum Gasteiger partial charge on any atom is 0.225 e. The van der Waals surface area contributed by atoms with Gasteiger partial charge in [-0.1, -0.05) is 35.5 Å². The van der Waals surface area contributed by atoms with E-state index in [1.54, 1.807) is 6.20 Å². The molecular weight excluding hydrogens is 412 g/mol. The molecule has 0 bridgehead atoms. The van der Waals surface area contributed by atoms with Crippen LogP contribution in [0.3, 0.4) is 0 Å². The molecule has 0 radical (unpaired) electrons. The topological polar surface area (TPSA) is 97.5 Å². The molecule has 27 heavy (non-hydrogen) atoms. The molecule has 1 unspecified atom stereocenters. The Bertz CT molecular complexity index is 959. The molecule has 1 saturated heterocycles. The summed E-state index contributed by atoms with van der Waals surface area (Å²) >= 11 is 3.42. The van der Waals surface area contributed by atoms with Gasteiger partial charge in [-0.3, -0.25) is 10.3 Å². The van der Waals surface area contributed by atoms with Crippen LogP contribution in [0.1, 0.15) is 19.1 Å². The highest BCUT2D eigenvalue weighted by molar-refractivity contribution is 9.10. The predicted octanol–water partition coefficient (Wildman–Crippen LogP) is 3.85. The van der Waals surface area contributed by atoms with Gasteiger partial charge in [0.2, 0.25) is 5.95 Å². The Balaban J connectivity index is 1.44. The van der Waals surface area contributed by atoms with E-state index in [0.717, 1.165) is 17.1 Å². The molecule has 4 rings (SSSR count). The van der Waals surface area contributed by atoms with Gasteiger partial charge in [0.05, 0.1) is 17.1 Å². The summed E-state index contributed by atoms with van der Waals surface area (Å²) in [5, 5.41) is 7.23. The van der Waals surface area contributed by atoms with Gasteiger partial charge in [-0.2, -0.15) is 4.98 Å². The molecule has 0 aliphatic carbocycles. The second-order valence-electron chi connectivity index (χ2n) is 6.06. The first-order chi connectivity index (χ1) is 13.2. The molecule has 2 N–H and O–H groups in total. The van der Waals surface area contributed by atoms with Crippen LogP contribution in [0.15, 0.2) is 56.6 Å². The molecule has 1 fully saturated rings. The van der Waals surface area contributed by atoms with Crippen molar-refractivity contribution in [2.45, 2.75) is 26.0 Å². The predicted molar refractivity (Wildman–Crippen MR) is 104 cm³/mol. The Morgan fingerprint density at radius 1 is 1.33 bits per heavy atom. The molecule has 0 amide bonds. The van der Waals surface area contributed by atoms with Crippen molar-refractivity contribution < 1.29 is 9.36 Å². The molecule has 1 aliphatic heterocycles. The standard InChI is InChI=1S/C18H17BrN6O2/c1-11-7-16(25-26-11)22-17-14(19)10-21-18(23-17)20-9-13-8-15(24-27-13)12-5-3-2-4-6-12/h2-6,8,10-11H,7,9H2,1H3,(H2,20,21,22,23,25). The number of aliphatic imine (C=N–C) groups is 1. The Hall–Kier alpha value is -2.78. The second kappa shape index (κ2) is 7.85. The van der Waals surface area contributed by atoms with Crippen molar-refractivity contribution >= 4 is 33.5 Å². The van der Waals surface area contributed by atoms with Gasteiger partial charge in [0.25, 0.3) is 0 Å². The summed E-state index contributed by atoms with van der Waals surface area (Å²) in [4.78, 5) is 18.4. The number of hydrogen-bond acceptors (Lipinski definition) is 7. The van der Waals surface area contributed by atoms with E-state index in [-0.39, 0.29) is 6.10 Å². The minimum absolute atomic E-state index is 0.0900. The monoisotopic (exact) mass is 428 g/mol. The Morgan fingerprint density at radius 3 is 2.96 bits per heavy atom. The van der Waals surface area contributed by atoms with Gasteiger partial charge in [0, 0.05) is 24.2 Å². The molecule has 138 valence electrons. The normalized spacial score (nSPS) is 17.9. The number of nitrogens with one attached hydrogen (secondary N) is 2. The first-order valence-corrected chi connectivity index (χ1v) is 9.23. The maximum absolute atomic E-state index is 5.38. The molecule has 3 heterocycles. The lowest BCUT2D eigenvalue weighted by Gasteiger charge is -2.04. The molecule has 1 aromatic carbocycles. The van der Waals surface area contributed by atoms with Gasteiger partial charge in [-0.25, -0.2) is 9.98 Å². The van der Waals surface area contributed by atoms with E-state index in [1.807, 2.05) is 43.3 Å². The Kier molecular flexibility index (Phi) is 5.12. The fourth-order valence-corrected chi connectivity index (χ4v) is 2.83. The van der Waals surface area contributed by atoms with Crippen LogP contribution in [0, 0.1) is 0 Å². The summed E-state index contributed by atoms with van der Waals surface area (Å²) in [6.07, 6.45) is 2.45. The lowest BCUT2D eigenvalue weighted by Crippen LogP contribution is -2.12. The smallest absolute Gasteiger partial charge is 0.225 e. The van der Waals surface area contributed by atoms with Crippen LogP contribution >= 0.6 is 15.9 Å². The molecule has 0 spiro atoms. The quantitative estimate of drug-likeness (QED) is 0.636. The summed E-state index contributed by atoms with van der Waals surface area (Å²) in [5.41, 5.74) is 4.60. The van der Waals surface area contributed by atoms with Crippen molar-refractivity contribution in [2.24, 2.45) is 4.99 Å². The van der Waals surface area contributed by atoms with E-state index in [1.165, 1.54) is 0 Å². The van der Waals surface area contributed by atoms with E-state index in [0.29, 0.717) is 35.0 Å². The third-order valence-corrected chi connectivity index (χ3v) is 4.43. The van der Waals surface area contributed by atoms with Gasteiger partial charge >= 0.3 is 0 Å². The number of hydroxylamine groups is 1. The van der Waals surface area contributed by atoms with Crippen LogP contribution in [0.4, 0.5) is 11.8 Å². The highest BCUT2D eigenvalue weighted by Gasteiger charge is 2.17. The number of halogens is 1. The third kappa shape index (κ3) is 4.32. The van der Waals surface area contributed by atoms with Gasteiger partial charge in [0.1, 0.15) is 11.5 Å². The van der Waals surface area contributed by atoms with Crippen LogP contribution in [-0.4, -0.2) is 27.1 Å². The number of amidine groups is 1. The van der Waals surface area contributed by atoms with E-state index < -0.39 is 0 Å². The number of aromatic nitrogens is 3. The molecule has 0 saturated carbocycles. The highest BCUT2D eigenvalue weighted by Crippen LogP contribution is 2.25. The van der Waals surface area contributed by atoms with Gasteiger partial charge in [-0.05, 0) is 22.9 Å². The van der Waals surface area contributed by atoms with Crippen molar-refractivity contribution in [3.63, 3.8) is 0 Å². The zero-order valence-electron chi connectivity index (χ0n) is 14.5. The number of nitrogens with zero attached hydrogens (tertiary/aromatic N) is 4. The molecule has 1 atom stereocenters. The Labute approximate surface area is 164 Å². The molecule has 1 aliphatic rings. The number of benzene rings is 1. The van der Waals surface area contributed by atoms with Crippen LogP contribution in [0.5, 0.6) is 0 Å². The SMILES string of the molecule is CC1CC(=Nc2nc(NCc3cc(-c4ccccc4)no3)ncc2Br)NO1. The molecule has 8 nitrogen and oxygen atoms in total. The number of hydrogen-bond donors (Lipinski definition) is 2. The van der Waals surface area contributed by atoms with Crippen LogP contribution < -0.4 is 10.8 Å². The van der Waals surface area contributed by atoms with E-state index in [9.17, 15) is 0 Å². The summed E-state index contributed by atoms with van der Waals surface area (Å²) in [7, 11) is 0. The Morgan fingerprint density at radius 2 is 2.19 bits per heavy atom. The lowest BCUT2D eigenvalue weighted by molar-refractivity contribution is 0.0575. The van der Waals surface area contributed by atoms with Crippen molar-refractivity contribution in [3.8, 4) is 11.3 Å². The summed E-state index contributed by atoms with van der Waals surface area (Å²) < 4.78 is 6.08. The van der Waals surface area contributed by atoms with Crippen molar-refractivity contribution in [1.29, 1.82) is 0 Å². The molecular formula is C18H17BrN6O2. The second-order valence-corrected chi connectivity index (χ2v) is 6.91. The van der Waals surface area contributed by atoms with Crippen molar-refractivity contribution in [2.75, 3.05) is 5.32 Å². The summed E-state index contributed by atoms with van der Waals surface area (Å²) in [6.45, 7) is 2.38. The van der Waals surface area contributed by atoms with Crippen LogP contribution in [0.2, 0.25) is 0 Å². The van der Waals surface area contributed by atoms with Crippen molar-refractivity contribution in [1.82, 2.24) is 20.6 Å². The molecule has 3 aromatic rings. The van der Waals surface area contributed by atoms with E-state index in [4.69, 9.17) is 9.36 Å². The minimum Gasteiger partial charge on any atom is -0.359 e. The van der Waals surface area contributed by atoms with Crippen LogP contribution in [0.25, 0.3) is 11.3 Å². The average Bonchev–Trinajstić information content (AvgIpc) is 3.32. The first-order valence-electron chi connectivity index (χ1n) is 8.44. The molecule has 2 aromatic heterocycles. The average molecular weight is 429 g/mol. The molecule has 9 heteroatoms. The fourth-order valence-electron chi connectivity index (χ4n) is 2.55.